The van der Waals surface area contributed by atoms with E-state index >= 15 is 4.39 Å². The van der Waals surface area contributed by atoms with Crippen molar-refractivity contribution >= 4 is 34.9 Å². The number of nitrogens with zero attached hydrogens (tertiary/aromatic N) is 1. The summed E-state index contributed by atoms with van der Waals surface area (Å²) < 4.78 is 34.9. The normalized spacial score (nSPS) is 10.8. The number of nitrogens with two attached hydrogens (primary N) is 1. The van der Waals surface area contributed by atoms with Crippen molar-refractivity contribution in [3.05, 3.63) is 74.9 Å². The monoisotopic (exact) mass is 438 g/mol. The number of hydrogen-bond donors (Lipinski definition) is 2. The minimum absolute atomic E-state index is 0.121. The van der Waals surface area contributed by atoms with E-state index in [1.165, 1.54) is 19.2 Å². The highest BCUT2D eigenvalue weighted by molar-refractivity contribution is 6.35. The predicted octanol–water partition coefficient (Wildman–Crippen LogP) is 5.21. The fourth-order valence-corrected chi connectivity index (χ4v) is 3.17. The molecule has 0 aliphatic carbocycles. The highest BCUT2D eigenvalue weighted by Gasteiger charge is 2.25. The molecule has 9 heteroatoms. The molecule has 0 spiro atoms. The molecule has 29 heavy (non-hydrogen) atoms. The van der Waals surface area contributed by atoms with E-state index in [0.717, 1.165) is 5.56 Å². The standard InChI is InChI=1S/C20H14Cl2F2N2O3/c1-29-19-10(8-9-2-5-11(21)6-3-9)4-7-12(14(19)23)17-15(24)16(25)13(22)18(26-17)20(27)28/h2-7H,8H2,1H3,(H2,25,26)(H,27,28). The fraction of sp³-hybridized carbons (Fsp3) is 0.100. The quantitative estimate of drug-likeness (QED) is 0.570. The average molecular weight is 439 g/mol. The second kappa shape index (κ2) is 8.23. The molecule has 0 bridgehead atoms. The Kier molecular flexibility index (Phi) is 5.91. The summed E-state index contributed by atoms with van der Waals surface area (Å²) in [5.41, 5.74) is 4.72. The summed E-state index contributed by atoms with van der Waals surface area (Å²) in [6.45, 7) is 0. The zero-order valence-electron chi connectivity index (χ0n) is 15.0. The van der Waals surface area contributed by atoms with Crippen LogP contribution in [0.1, 0.15) is 21.6 Å². The molecule has 1 aromatic heterocycles. The largest absolute Gasteiger partial charge is 0.493 e. The van der Waals surface area contributed by atoms with Gasteiger partial charge in [-0.05, 0) is 23.8 Å². The number of carboxylic acids is 1. The third-order valence-electron chi connectivity index (χ3n) is 4.26. The molecule has 0 aliphatic heterocycles. The first-order valence-electron chi connectivity index (χ1n) is 8.22. The number of methoxy groups -OCH3 is 1. The second-order valence-electron chi connectivity index (χ2n) is 6.08. The topological polar surface area (TPSA) is 85.4 Å². The van der Waals surface area contributed by atoms with E-state index < -0.39 is 39.7 Å². The molecule has 0 fully saturated rings. The highest BCUT2D eigenvalue weighted by atomic mass is 35.5. The van der Waals surface area contributed by atoms with E-state index in [1.54, 1.807) is 24.3 Å². The summed E-state index contributed by atoms with van der Waals surface area (Å²) in [6, 6.07) is 9.81. The first-order valence-corrected chi connectivity index (χ1v) is 8.98. The van der Waals surface area contributed by atoms with E-state index in [2.05, 4.69) is 4.98 Å². The van der Waals surface area contributed by atoms with Gasteiger partial charge in [0.05, 0.1) is 17.8 Å². The molecule has 5 nitrogen and oxygen atoms in total. The minimum atomic E-state index is -1.52. The van der Waals surface area contributed by atoms with E-state index in [-0.39, 0.29) is 11.3 Å². The van der Waals surface area contributed by atoms with E-state index in [0.29, 0.717) is 17.0 Å². The van der Waals surface area contributed by atoms with Crippen molar-refractivity contribution in [1.82, 2.24) is 4.98 Å². The maximum atomic E-state index is 15.2. The zero-order chi connectivity index (χ0) is 21.3. The molecule has 0 saturated heterocycles. The smallest absolute Gasteiger partial charge is 0.356 e. The van der Waals surface area contributed by atoms with Gasteiger partial charge in [0.2, 0.25) is 0 Å². The number of halogens is 4. The van der Waals surface area contributed by atoms with E-state index in [1.807, 2.05) is 0 Å². The van der Waals surface area contributed by atoms with Gasteiger partial charge in [0.1, 0.15) is 5.69 Å². The van der Waals surface area contributed by atoms with Crippen molar-refractivity contribution in [2.75, 3.05) is 12.8 Å². The molecule has 0 aliphatic rings. The number of aromatic carboxylic acids is 1. The van der Waals surface area contributed by atoms with Crippen LogP contribution in [-0.4, -0.2) is 23.2 Å². The molecule has 3 N–H and O–H groups in total. The van der Waals surface area contributed by atoms with Crippen molar-refractivity contribution in [3.8, 4) is 17.0 Å². The van der Waals surface area contributed by atoms with Crippen LogP contribution in [0.25, 0.3) is 11.3 Å². The number of ether oxygens (including phenoxy) is 1. The fourth-order valence-electron chi connectivity index (χ4n) is 2.84. The number of hydrogen-bond acceptors (Lipinski definition) is 4. The van der Waals surface area contributed by atoms with Crippen LogP contribution in [-0.2, 0) is 6.42 Å². The van der Waals surface area contributed by atoms with Gasteiger partial charge in [-0.1, -0.05) is 41.4 Å². The Hall–Kier alpha value is -2.90. The molecule has 0 unspecified atom stereocenters. The average Bonchev–Trinajstić information content (AvgIpc) is 2.69. The number of pyridine rings is 1. The molecule has 0 amide bonds. The predicted molar refractivity (Wildman–Crippen MR) is 107 cm³/mol. The van der Waals surface area contributed by atoms with E-state index in [4.69, 9.17) is 33.7 Å². The number of aromatic nitrogens is 1. The summed E-state index contributed by atoms with van der Waals surface area (Å²) in [4.78, 5) is 15.0. The Morgan fingerprint density at radius 2 is 1.79 bits per heavy atom. The Labute approximate surface area is 174 Å². The summed E-state index contributed by atoms with van der Waals surface area (Å²) in [6.07, 6.45) is 0.330. The summed E-state index contributed by atoms with van der Waals surface area (Å²) in [5, 5.41) is 9.21. The molecule has 3 aromatic rings. The number of carbonyl (C=O) groups is 1. The Balaban J connectivity index is 2.13. The number of nitrogen functional groups attached to an aromatic ring is 1. The molecule has 2 aromatic carbocycles. The van der Waals surface area contributed by atoms with Gasteiger partial charge >= 0.3 is 5.97 Å². The molecular formula is C20H14Cl2F2N2O3. The second-order valence-corrected chi connectivity index (χ2v) is 6.89. The van der Waals surface area contributed by atoms with Gasteiger partial charge in [-0.15, -0.1) is 0 Å². The van der Waals surface area contributed by atoms with Gasteiger partial charge in [0, 0.05) is 22.6 Å². The van der Waals surface area contributed by atoms with Crippen LogP contribution in [0.3, 0.4) is 0 Å². The van der Waals surface area contributed by atoms with Crippen LogP contribution in [0.2, 0.25) is 10.0 Å². The lowest BCUT2D eigenvalue weighted by Crippen LogP contribution is -2.09. The van der Waals surface area contributed by atoms with Gasteiger partial charge in [0.25, 0.3) is 0 Å². The number of anilines is 1. The van der Waals surface area contributed by atoms with Gasteiger partial charge in [-0.2, -0.15) is 0 Å². The first kappa shape index (κ1) is 20.8. The van der Waals surface area contributed by atoms with Crippen LogP contribution in [0.4, 0.5) is 14.5 Å². The Morgan fingerprint density at radius 3 is 2.38 bits per heavy atom. The van der Waals surface area contributed by atoms with Gasteiger partial charge in [-0.25, -0.2) is 18.6 Å². The van der Waals surface area contributed by atoms with Crippen molar-refractivity contribution in [2.24, 2.45) is 0 Å². The summed E-state index contributed by atoms with van der Waals surface area (Å²) >= 11 is 11.6. The third-order valence-corrected chi connectivity index (χ3v) is 4.90. The van der Waals surface area contributed by atoms with Crippen molar-refractivity contribution in [2.45, 2.75) is 6.42 Å². The van der Waals surface area contributed by atoms with Gasteiger partial charge < -0.3 is 15.6 Å². The number of rotatable bonds is 5. The minimum Gasteiger partial charge on any atom is -0.493 e. The van der Waals surface area contributed by atoms with Gasteiger partial charge in [0.15, 0.2) is 23.1 Å². The lowest BCUT2D eigenvalue weighted by Gasteiger charge is -2.15. The number of benzene rings is 2. The number of carboxylic acid groups (broad SMARTS) is 1. The maximum Gasteiger partial charge on any atom is 0.356 e. The lowest BCUT2D eigenvalue weighted by molar-refractivity contribution is 0.0691. The van der Waals surface area contributed by atoms with Crippen molar-refractivity contribution in [3.63, 3.8) is 0 Å². The van der Waals surface area contributed by atoms with Crippen molar-refractivity contribution in [1.29, 1.82) is 0 Å². The van der Waals surface area contributed by atoms with Gasteiger partial charge in [-0.3, -0.25) is 0 Å². The van der Waals surface area contributed by atoms with Crippen LogP contribution in [0.5, 0.6) is 5.75 Å². The van der Waals surface area contributed by atoms with Crippen LogP contribution >= 0.6 is 23.2 Å². The maximum absolute atomic E-state index is 15.2. The molecule has 3 rings (SSSR count). The SMILES string of the molecule is COc1c(Cc2ccc(Cl)cc2)ccc(-c2nc(C(=O)O)c(Cl)c(N)c2F)c1F. The summed E-state index contributed by atoms with van der Waals surface area (Å²) in [5.74, 6) is -3.66. The molecule has 0 saturated carbocycles. The lowest BCUT2D eigenvalue weighted by atomic mass is 10.00. The molecule has 0 atom stereocenters. The highest BCUT2D eigenvalue weighted by Crippen LogP contribution is 2.37. The Bertz CT molecular complexity index is 1110. The first-order chi connectivity index (χ1) is 13.7. The third kappa shape index (κ3) is 3.97. The summed E-state index contributed by atoms with van der Waals surface area (Å²) in [7, 11) is 1.27. The molecule has 1 heterocycles. The Morgan fingerprint density at radius 1 is 1.14 bits per heavy atom. The van der Waals surface area contributed by atoms with Crippen molar-refractivity contribution < 1.29 is 23.4 Å². The molecule has 150 valence electrons. The zero-order valence-corrected chi connectivity index (χ0v) is 16.5. The van der Waals surface area contributed by atoms with Crippen LogP contribution in [0, 0.1) is 11.6 Å². The molecule has 0 radical (unpaired) electrons. The van der Waals surface area contributed by atoms with Crippen LogP contribution in [0.15, 0.2) is 36.4 Å². The van der Waals surface area contributed by atoms with E-state index in [9.17, 15) is 14.3 Å². The van der Waals surface area contributed by atoms with Crippen LogP contribution < -0.4 is 10.5 Å². The molecular weight excluding hydrogens is 425 g/mol.